The van der Waals surface area contributed by atoms with Crippen LogP contribution in [0.4, 0.5) is 17.1 Å². The molecule has 2 heteroatoms. The number of thiophene rings is 1. The largest absolute Gasteiger partial charge is 0.310 e. The van der Waals surface area contributed by atoms with Crippen LogP contribution in [-0.4, -0.2) is 0 Å². The Morgan fingerprint density at radius 3 is 1.62 bits per heavy atom. The van der Waals surface area contributed by atoms with Gasteiger partial charge in [-0.25, -0.2) is 0 Å². The highest BCUT2D eigenvalue weighted by atomic mass is 32.1. The zero-order chi connectivity index (χ0) is 40.1. The number of rotatable bonds is 5. The normalized spacial score (nSPS) is 13.0. The highest BCUT2D eigenvalue weighted by Crippen LogP contribution is 2.63. The molecule has 0 atom stereocenters. The van der Waals surface area contributed by atoms with Crippen LogP contribution in [-0.2, 0) is 5.41 Å². The van der Waals surface area contributed by atoms with E-state index in [1.54, 1.807) is 0 Å². The third kappa shape index (κ3) is 4.94. The summed E-state index contributed by atoms with van der Waals surface area (Å²) in [5.41, 5.74) is 18.3. The Balaban J connectivity index is 1.06. The molecular formula is C59H37NS. The van der Waals surface area contributed by atoms with Crippen LogP contribution in [0.25, 0.3) is 75.5 Å². The summed E-state index contributed by atoms with van der Waals surface area (Å²) < 4.78 is 2.63. The van der Waals surface area contributed by atoms with Crippen LogP contribution in [0, 0.1) is 0 Å². The average molecular weight is 792 g/mol. The maximum absolute atomic E-state index is 2.50. The molecule has 10 aromatic carbocycles. The number of nitrogens with zero attached hydrogens (tertiary/aromatic N) is 1. The number of benzene rings is 10. The molecule has 1 aromatic heterocycles. The van der Waals surface area contributed by atoms with Crippen LogP contribution in [0.15, 0.2) is 224 Å². The van der Waals surface area contributed by atoms with Crippen molar-refractivity contribution in [2.75, 3.05) is 4.90 Å². The maximum Gasteiger partial charge on any atom is 0.0726 e. The van der Waals surface area contributed by atoms with Gasteiger partial charge >= 0.3 is 0 Å². The van der Waals surface area contributed by atoms with Crippen molar-refractivity contribution in [2.24, 2.45) is 0 Å². The topological polar surface area (TPSA) is 3.24 Å². The first-order valence-corrected chi connectivity index (χ1v) is 21.9. The SMILES string of the molecule is c1cc(-c2ccc3c(c2)sc2ccccc23)cc(N(c2ccc3c(c2)C2(c4ccccc4-c4ccccc42)c2ccccc2-3)c2ccccc2-c2cccc3ccccc23)c1. The monoisotopic (exact) mass is 791 g/mol. The first-order chi connectivity index (χ1) is 30.3. The lowest BCUT2D eigenvalue weighted by atomic mass is 9.70. The van der Waals surface area contributed by atoms with Crippen molar-refractivity contribution in [3.05, 3.63) is 247 Å². The lowest BCUT2D eigenvalue weighted by molar-refractivity contribution is 0.793. The lowest BCUT2D eigenvalue weighted by Crippen LogP contribution is -2.26. The molecule has 0 fully saturated rings. The second-order valence-corrected chi connectivity index (χ2v) is 17.4. The van der Waals surface area contributed by atoms with Crippen molar-refractivity contribution in [2.45, 2.75) is 5.41 Å². The second kappa shape index (κ2) is 13.2. The maximum atomic E-state index is 2.50. The van der Waals surface area contributed by atoms with Crippen LogP contribution in [0.3, 0.4) is 0 Å². The van der Waals surface area contributed by atoms with Gasteiger partial charge in [0, 0.05) is 37.1 Å². The van der Waals surface area contributed by atoms with Gasteiger partial charge in [0.15, 0.2) is 0 Å². The Kier molecular flexibility index (Phi) is 7.46. The van der Waals surface area contributed by atoms with Crippen molar-refractivity contribution in [3.8, 4) is 44.5 Å². The Bertz CT molecular complexity index is 3500. The molecule has 0 bridgehead atoms. The minimum absolute atomic E-state index is 0.447. The number of para-hydroxylation sites is 1. The third-order valence-electron chi connectivity index (χ3n) is 13.3. The first-order valence-electron chi connectivity index (χ1n) is 21.1. The predicted molar refractivity (Wildman–Crippen MR) is 259 cm³/mol. The molecule has 1 spiro atoms. The fourth-order valence-electron chi connectivity index (χ4n) is 10.7. The average Bonchev–Trinajstić information content (AvgIpc) is 3.95. The second-order valence-electron chi connectivity index (χ2n) is 16.4. The number of hydrogen-bond donors (Lipinski definition) is 0. The fraction of sp³-hybridized carbons (Fsp3) is 0.0169. The Labute approximate surface area is 359 Å². The predicted octanol–water partition coefficient (Wildman–Crippen LogP) is 16.4. The Hall–Kier alpha value is -7.52. The van der Waals surface area contributed by atoms with E-state index in [1.807, 2.05) is 11.3 Å². The molecule has 0 saturated carbocycles. The summed E-state index contributed by atoms with van der Waals surface area (Å²) in [6.45, 7) is 0. The van der Waals surface area contributed by atoms with E-state index in [2.05, 4.69) is 229 Å². The molecule has 2 aliphatic rings. The Morgan fingerprint density at radius 1 is 0.311 bits per heavy atom. The quantitative estimate of drug-likeness (QED) is 0.168. The molecule has 0 aliphatic heterocycles. The highest BCUT2D eigenvalue weighted by Gasteiger charge is 2.51. The number of anilines is 3. The van der Waals surface area contributed by atoms with Gasteiger partial charge in [0.25, 0.3) is 0 Å². The van der Waals surface area contributed by atoms with Gasteiger partial charge in [-0.3, -0.25) is 0 Å². The summed E-state index contributed by atoms with van der Waals surface area (Å²) in [4.78, 5) is 2.50. The highest BCUT2D eigenvalue weighted by molar-refractivity contribution is 7.25. The van der Waals surface area contributed by atoms with Crippen LogP contribution in [0.2, 0.25) is 0 Å². The van der Waals surface area contributed by atoms with Crippen LogP contribution in [0.1, 0.15) is 22.3 Å². The molecule has 2 aliphatic carbocycles. The summed E-state index contributed by atoms with van der Waals surface area (Å²) in [5.74, 6) is 0. The summed E-state index contributed by atoms with van der Waals surface area (Å²) in [6.07, 6.45) is 0. The molecule has 11 aromatic rings. The smallest absolute Gasteiger partial charge is 0.0726 e. The summed E-state index contributed by atoms with van der Waals surface area (Å²) in [7, 11) is 0. The van der Waals surface area contributed by atoms with E-state index in [0.29, 0.717) is 0 Å². The van der Waals surface area contributed by atoms with Gasteiger partial charge < -0.3 is 4.90 Å². The van der Waals surface area contributed by atoms with E-state index in [4.69, 9.17) is 0 Å². The van der Waals surface area contributed by atoms with Gasteiger partial charge in [-0.05, 0) is 114 Å². The Morgan fingerprint density at radius 2 is 0.852 bits per heavy atom. The van der Waals surface area contributed by atoms with E-state index in [1.165, 1.54) is 97.7 Å². The molecule has 0 unspecified atom stereocenters. The molecule has 0 saturated heterocycles. The molecule has 284 valence electrons. The molecule has 0 amide bonds. The molecule has 1 nitrogen and oxygen atoms in total. The van der Waals surface area contributed by atoms with Crippen LogP contribution >= 0.6 is 11.3 Å². The van der Waals surface area contributed by atoms with E-state index < -0.39 is 5.41 Å². The van der Waals surface area contributed by atoms with Gasteiger partial charge in [-0.2, -0.15) is 0 Å². The van der Waals surface area contributed by atoms with Crippen molar-refractivity contribution >= 4 is 59.3 Å². The van der Waals surface area contributed by atoms with Gasteiger partial charge in [-0.15, -0.1) is 11.3 Å². The first kappa shape index (κ1) is 34.4. The summed E-state index contributed by atoms with van der Waals surface area (Å²) in [6, 6.07) is 83.7. The van der Waals surface area contributed by atoms with Crippen LogP contribution < -0.4 is 4.90 Å². The van der Waals surface area contributed by atoms with Gasteiger partial charge in [0.2, 0.25) is 0 Å². The zero-order valence-corrected chi connectivity index (χ0v) is 34.0. The standard InChI is InChI=1S/C59H37NS/c1-2-19-43-38(15-1)16-14-25-44(43)49-23-6-11-29-56(49)60(41-18-13-17-39(35-41)40-31-33-51-50-24-7-12-30-57(50)61-58(51)36-40)42-32-34-48-47-22-5-10-28-54(47)59(55(48)37-42)52-26-8-3-20-45(52)46-21-4-9-27-53(46)59/h1-37H. The lowest BCUT2D eigenvalue weighted by Gasteiger charge is -2.33. The summed E-state index contributed by atoms with van der Waals surface area (Å²) in [5, 5.41) is 5.11. The minimum atomic E-state index is -0.447. The zero-order valence-electron chi connectivity index (χ0n) is 33.2. The van der Waals surface area contributed by atoms with Gasteiger partial charge in [-0.1, -0.05) is 182 Å². The number of fused-ring (bicyclic) bond motifs is 14. The molecule has 0 radical (unpaired) electrons. The van der Waals surface area contributed by atoms with E-state index in [9.17, 15) is 0 Å². The van der Waals surface area contributed by atoms with Crippen molar-refractivity contribution in [1.29, 1.82) is 0 Å². The molecule has 61 heavy (non-hydrogen) atoms. The van der Waals surface area contributed by atoms with Crippen molar-refractivity contribution in [3.63, 3.8) is 0 Å². The summed E-state index contributed by atoms with van der Waals surface area (Å²) >= 11 is 1.87. The molecule has 1 heterocycles. The molecule has 0 N–H and O–H groups in total. The van der Waals surface area contributed by atoms with E-state index in [0.717, 1.165) is 17.1 Å². The van der Waals surface area contributed by atoms with Gasteiger partial charge in [0.05, 0.1) is 11.1 Å². The van der Waals surface area contributed by atoms with Crippen molar-refractivity contribution in [1.82, 2.24) is 0 Å². The number of hydrogen-bond acceptors (Lipinski definition) is 2. The molecule has 13 rings (SSSR count). The fourth-order valence-corrected chi connectivity index (χ4v) is 11.9. The van der Waals surface area contributed by atoms with Crippen LogP contribution in [0.5, 0.6) is 0 Å². The molecular weight excluding hydrogens is 755 g/mol. The minimum Gasteiger partial charge on any atom is -0.310 e. The van der Waals surface area contributed by atoms with Gasteiger partial charge in [0.1, 0.15) is 0 Å². The van der Waals surface area contributed by atoms with Crippen molar-refractivity contribution < 1.29 is 0 Å². The van der Waals surface area contributed by atoms with E-state index >= 15 is 0 Å². The van der Waals surface area contributed by atoms with E-state index in [-0.39, 0.29) is 0 Å². The third-order valence-corrected chi connectivity index (χ3v) is 14.4.